The molecule has 0 saturated heterocycles. The lowest BCUT2D eigenvalue weighted by atomic mass is 10.0. The van der Waals surface area contributed by atoms with E-state index in [1.54, 1.807) is 0 Å². The largest absolute Gasteiger partial charge is 0.324 e. The van der Waals surface area contributed by atoms with Crippen molar-refractivity contribution >= 4 is 12.4 Å². The monoisotopic (exact) mass is 261 g/mol. The number of alkyl halides is 2. The van der Waals surface area contributed by atoms with Gasteiger partial charge in [0.15, 0.2) is 11.6 Å². The van der Waals surface area contributed by atoms with Gasteiger partial charge in [0.25, 0.3) is 0 Å². The summed E-state index contributed by atoms with van der Waals surface area (Å²) in [5.41, 5.74) is 4.30. The molecule has 7 heteroatoms. The van der Waals surface area contributed by atoms with Gasteiger partial charge in [-0.15, -0.1) is 12.4 Å². The molecule has 0 heterocycles. The Balaban J connectivity index is 0.00000225. The van der Waals surface area contributed by atoms with Gasteiger partial charge in [0.1, 0.15) is 5.82 Å². The average Bonchev–Trinajstić information content (AvgIpc) is 2.11. The highest BCUT2D eigenvalue weighted by Gasteiger charge is 2.22. The Morgan fingerprint density at radius 3 is 2.06 bits per heavy atom. The molecule has 1 atom stereocenters. The van der Waals surface area contributed by atoms with Crippen LogP contribution < -0.4 is 5.73 Å². The minimum absolute atomic E-state index is 0. The van der Waals surface area contributed by atoms with Crippen LogP contribution in [0.15, 0.2) is 12.1 Å². The molecule has 0 aromatic heterocycles. The van der Waals surface area contributed by atoms with Gasteiger partial charge in [0.05, 0.1) is 0 Å². The Morgan fingerprint density at radius 2 is 1.56 bits per heavy atom. The standard InChI is InChI=1S/C9H8F5N.ClH/c10-4-1-2-5(11)9(14)8(4)6(15)3-7(12)13;/h1-2,6-7H,3,15H2;1H/t6-;/m1./s1. The second-order valence-electron chi connectivity index (χ2n) is 2.99. The molecule has 1 aromatic carbocycles. The van der Waals surface area contributed by atoms with Crippen molar-refractivity contribution in [2.45, 2.75) is 18.9 Å². The van der Waals surface area contributed by atoms with Crippen molar-refractivity contribution in [3.8, 4) is 0 Å². The summed E-state index contributed by atoms with van der Waals surface area (Å²) in [7, 11) is 0. The molecule has 92 valence electrons. The van der Waals surface area contributed by atoms with Crippen molar-refractivity contribution in [1.29, 1.82) is 0 Å². The predicted molar refractivity (Wildman–Crippen MR) is 51.1 cm³/mol. The first-order valence-corrected chi connectivity index (χ1v) is 4.10. The van der Waals surface area contributed by atoms with Crippen LogP contribution in [0.2, 0.25) is 0 Å². The van der Waals surface area contributed by atoms with Crippen LogP contribution in [0, 0.1) is 17.5 Å². The highest BCUT2D eigenvalue weighted by Crippen LogP contribution is 2.25. The Hall–Kier alpha value is -0.880. The van der Waals surface area contributed by atoms with Gasteiger partial charge in [-0.3, -0.25) is 0 Å². The third kappa shape index (κ3) is 3.31. The molecule has 0 aliphatic rings. The zero-order chi connectivity index (χ0) is 11.6. The van der Waals surface area contributed by atoms with Crippen molar-refractivity contribution in [2.75, 3.05) is 0 Å². The van der Waals surface area contributed by atoms with Crippen molar-refractivity contribution in [1.82, 2.24) is 0 Å². The van der Waals surface area contributed by atoms with Crippen LogP contribution in [-0.2, 0) is 0 Å². The first-order valence-electron chi connectivity index (χ1n) is 4.10. The smallest absolute Gasteiger partial charge is 0.240 e. The number of hydrogen-bond donors (Lipinski definition) is 1. The molecular formula is C9H9ClF5N. The number of halogens is 6. The normalized spacial score (nSPS) is 12.4. The number of benzene rings is 1. The topological polar surface area (TPSA) is 26.0 Å². The van der Waals surface area contributed by atoms with Crippen molar-refractivity contribution in [3.63, 3.8) is 0 Å². The van der Waals surface area contributed by atoms with E-state index < -0.39 is 41.9 Å². The van der Waals surface area contributed by atoms with Crippen LogP contribution in [0.1, 0.15) is 18.0 Å². The van der Waals surface area contributed by atoms with Gasteiger partial charge < -0.3 is 5.73 Å². The average molecular weight is 262 g/mol. The van der Waals surface area contributed by atoms with Crippen LogP contribution >= 0.6 is 12.4 Å². The number of hydrogen-bond acceptors (Lipinski definition) is 1. The first kappa shape index (κ1) is 15.1. The number of nitrogens with two attached hydrogens (primary N) is 1. The lowest BCUT2D eigenvalue weighted by Gasteiger charge is -2.13. The molecule has 1 aromatic rings. The van der Waals surface area contributed by atoms with E-state index in [0.29, 0.717) is 12.1 Å². The number of rotatable bonds is 3. The predicted octanol–water partition coefficient (Wildman–Crippen LogP) is 3.18. The fraction of sp³-hybridized carbons (Fsp3) is 0.333. The van der Waals surface area contributed by atoms with Crippen LogP contribution in [0.25, 0.3) is 0 Å². The van der Waals surface area contributed by atoms with E-state index in [0.717, 1.165) is 0 Å². The Labute approximate surface area is 94.8 Å². The summed E-state index contributed by atoms with van der Waals surface area (Å²) in [5, 5.41) is 0. The fourth-order valence-electron chi connectivity index (χ4n) is 1.19. The van der Waals surface area contributed by atoms with E-state index in [1.807, 2.05) is 0 Å². The fourth-order valence-corrected chi connectivity index (χ4v) is 1.19. The Bertz CT molecular complexity index is 358. The first-order chi connectivity index (χ1) is 6.93. The van der Waals surface area contributed by atoms with E-state index in [4.69, 9.17) is 5.73 Å². The lowest BCUT2D eigenvalue weighted by Crippen LogP contribution is -2.18. The van der Waals surface area contributed by atoms with E-state index >= 15 is 0 Å². The van der Waals surface area contributed by atoms with E-state index in [9.17, 15) is 22.0 Å². The highest BCUT2D eigenvalue weighted by atomic mass is 35.5. The minimum atomic E-state index is -2.80. The second-order valence-corrected chi connectivity index (χ2v) is 2.99. The SMILES string of the molecule is Cl.N[C@H](CC(F)F)c1c(F)ccc(F)c1F. The molecule has 16 heavy (non-hydrogen) atoms. The van der Waals surface area contributed by atoms with Crippen LogP contribution in [0.3, 0.4) is 0 Å². The molecule has 0 bridgehead atoms. The molecule has 1 rings (SSSR count). The maximum Gasteiger partial charge on any atom is 0.240 e. The van der Waals surface area contributed by atoms with Gasteiger partial charge in [0, 0.05) is 18.0 Å². The summed E-state index contributed by atoms with van der Waals surface area (Å²) in [5.74, 6) is -3.94. The molecule has 0 fully saturated rings. The van der Waals surface area contributed by atoms with Gasteiger partial charge in [0.2, 0.25) is 6.43 Å². The van der Waals surface area contributed by atoms with Gasteiger partial charge >= 0.3 is 0 Å². The molecular weight excluding hydrogens is 253 g/mol. The molecule has 0 aliphatic heterocycles. The summed E-state index contributed by atoms with van der Waals surface area (Å²) in [6.45, 7) is 0. The van der Waals surface area contributed by atoms with E-state index in [1.165, 1.54) is 0 Å². The van der Waals surface area contributed by atoms with E-state index in [2.05, 4.69) is 0 Å². The minimum Gasteiger partial charge on any atom is -0.324 e. The summed E-state index contributed by atoms with van der Waals surface area (Å²) >= 11 is 0. The molecule has 0 amide bonds. The van der Waals surface area contributed by atoms with Crippen molar-refractivity contribution in [2.24, 2.45) is 5.73 Å². The van der Waals surface area contributed by atoms with Gasteiger partial charge in [-0.25, -0.2) is 22.0 Å². The Morgan fingerprint density at radius 1 is 1.06 bits per heavy atom. The summed E-state index contributed by atoms with van der Waals surface area (Å²) in [6.07, 6.45) is -3.72. The molecule has 0 radical (unpaired) electrons. The molecule has 1 nitrogen and oxygen atoms in total. The summed E-state index contributed by atoms with van der Waals surface area (Å²) in [4.78, 5) is 0. The van der Waals surface area contributed by atoms with Gasteiger partial charge in [-0.05, 0) is 12.1 Å². The molecule has 2 N–H and O–H groups in total. The van der Waals surface area contributed by atoms with Crippen molar-refractivity contribution in [3.05, 3.63) is 35.1 Å². The van der Waals surface area contributed by atoms with E-state index in [-0.39, 0.29) is 12.4 Å². The highest BCUT2D eigenvalue weighted by molar-refractivity contribution is 5.85. The molecule has 0 unspecified atom stereocenters. The summed E-state index contributed by atoms with van der Waals surface area (Å²) in [6, 6.07) is -0.330. The van der Waals surface area contributed by atoms with Crippen LogP contribution in [-0.4, -0.2) is 6.43 Å². The van der Waals surface area contributed by atoms with Crippen molar-refractivity contribution < 1.29 is 22.0 Å². The van der Waals surface area contributed by atoms with Gasteiger partial charge in [-0.2, -0.15) is 0 Å². The van der Waals surface area contributed by atoms with Crippen LogP contribution in [0.5, 0.6) is 0 Å². The third-order valence-corrected chi connectivity index (χ3v) is 1.88. The summed E-state index contributed by atoms with van der Waals surface area (Å²) < 4.78 is 62.5. The zero-order valence-electron chi connectivity index (χ0n) is 7.89. The third-order valence-electron chi connectivity index (χ3n) is 1.88. The molecule has 0 saturated carbocycles. The quantitative estimate of drug-likeness (QED) is 0.656. The molecule has 0 spiro atoms. The maximum absolute atomic E-state index is 13.0. The second kappa shape index (κ2) is 6.00. The van der Waals surface area contributed by atoms with Crippen LogP contribution in [0.4, 0.5) is 22.0 Å². The zero-order valence-corrected chi connectivity index (χ0v) is 8.71. The Kier molecular flexibility index (Phi) is 5.67. The lowest BCUT2D eigenvalue weighted by molar-refractivity contribution is 0.127. The van der Waals surface area contributed by atoms with Gasteiger partial charge in [-0.1, -0.05) is 0 Å². The maximum atomic E-state index is 13.0. The molecule has 0 aliphatic carbocycles.